The Morgan fingerprint density at radius 3 is 2.18 bits per heavy atom. The maximum atomic E-state index is 2.41. The van der Waals surface area contributed by atoms with Crippen LogP contribution >= 0.6 is 11.8 Å². The van der Waals surface area contributed by atoms with Crippen LogP contribution in [0.4, 0.5) is 0 Å². The first-order valence-corrected chi connectivity index (χ1v) is 5.96. The van der Waals surface area contributed by atoms with E-state index in [1.807, 2.05) is 11.8 Å². The molecule has 0 amide bonds. The van der Waals surface area contributed by atoms with Gasteiger partial charge in [-0.05, 0) is 42.1 Å². The van der Waals surface area contributed by atoms with Gasteiger partial charge in [0.1, 0.15) is 0 Å². The molecule has 1 saturated carbocycles. The van der Waals surface area contributed by atoms with Crippen LogP contribution in [-0.4, -0.2) is 12.0 Å². The van der Waals surface area contributed by atoms with Crippen LogP contribution < -0.4 is 0 Å². The Morgan fingerprint density at radius 1 is 1.36 bits per heavy atom. The van der Waals surface area contributed by atoms with Crippen LogP contribution in [-0.2, 0) is 0 Å². The molecule has 0 aromatic rings. The Labute approximate surface area is 75.1 Å². The molecular formula is C10H20S. The zero-order valence-electron chi connectivity index (χ0n) is 8.24. The molecule has 1 fully saturated rings. The largest absolute Gasteiger partial charge is 0.165 e. The van der Waals surface area contributed by atoms with E-state index in [0.717, 1.165) is 5.41 Å². The molecule has 0 heterocycles. The van der Waals surface area contributed by atoms with E-state index in [-0.39, 0.29) is 0 Å². The van der Waals surface area contributed by atoms with Gasteiger partial charge in [0.15, 0.2) is 0 Å². The number of hydrogen-bond acceptors (Lipinski definition) is 1. The van der Waals surface area contributed by atoms with Gasteiger partial charge in [0.25, 0.3) is 0 Å². The second kappa shape index (κ2) is 3.01. The van der Waals surface area contributed by atoms with E-state index in [2.05, 4.69) is 27.0 Å². The Hall–Kier alpha value is 0.350. The second-order valence-electron chi connectivity index (χ2n) is 4.44. The van der Waals surface area contributed by atoms with Crippen molar-refractivity contribution in [1.29, 1.82) is 0 Å². The molecule has 0 aliphatic heterocycles. The van der Waals surface area contributed by atoms with Crippen LogP contribution in [0.1, 0.15) is 40.0 Å². The van der Waals surface area contributed by atoms with Crippen molar-refractivity contribution in [3.05, 3.63) is 0 Å². The van der Waals surface area contributed by atoms with Crippen molar-refractivity contribution >= 4 is 11.8 Å². The fourth-order valence-electron chi connectivity index (χ4n) is 2.31. The van der Waals surface area contributed by atoms with Gasteiger partial charge in [-0.15, -0.1) is 0 Å². The van der Waals surface area contributed by atoms with E-state index in [0.29, 0.717) is 5.41 Å². The van der Waals surface area contributed by atoms with E-state index in [4.69, 9.17) is 0 Å². The minimum Gasteiger partial charge on any atom is -0.165 e. The van der Waals surface area contributed by atoms with Crippen molar-refractivity contribution in [1.82, 2.24) is 0 Å². The van der Waals surface area contributed by atoms with Crippen molar-refractivity contribution in [3.63, 3.8) is 0 Å². The molecule has 0 bridgehead atoms. The molecule has 0 radical (unpaired) electrons. The molecule has 0 spiro atoms. The molecule has 0 aromatic heterocycles. The highest BCUT2D eigenvalue weighted by Gasteiger charge is 2.58. The lowest BCUT2D eigenvalue weighted by atomic mass is 9.90. The van der Waals surface area contributed by atoms with Crippen molar-refractivity contribution in [2.75, 3.05) is 12.0 Å². The predicted molar refractivity (Wildman–Crippen MR) is 54.1 cm³/mol. The van der Waals surface area contributed by atoms with Crippen LogP contribution in [0.15, 0.2) is 0 Å². The molecule has 0 nitrogen and oxygen atoms in total. The third kappa shape index (κ3) is 1.58. The maximum Gasteiger partial charge on any atom is -0.00648 e. The zero-order chi connectivity index (χ0) is 8.54. The molecule has 11 heavy (non-hydrogen) atoms. The minimum atomic E-state index is 0.650. The van der Waals surface area contributed by atoms with E-state index < -0.39 is 0 Å². The molecule has 0 saturated heterocycles. The summed E-state index contributed by atoms with van der Waals surface area (Å²) in [6.45, 7) is 7.17. The first-order valence-electron chi connectivity index (χ1n) is 4.57. The molecule has 66 valence electrons. The van der Waals surface area contributed by atoms with Crippen molar-refractivity contribution < 1.29 is 0 Å². The highest BCUT2D eigenvalue weighted by molar-refractivity contribution is 7.98. The molecule has 1 aliphatic carbocycles. The average molecular weight is 172 g/mol. The summed E-state index contributed by atoms with van der Waals surface area (Å²) in [7, 11) is 0. The van der Waals surface area contributed by atoms with E-state index in [1.165, 1.54) is 25.0 Å². The van der Waals surface area contributed by atoms with Crippen LogP contribution in [0.3, 0.4) is 0 Å². The number of hydrogen-bond donors (Lipinski definition) is 0. The van der Waals surface area contributed by atoms with Crippen molar-refractivity contribution in [3.8, 4) is 0 Å². The third-order valence-electron chi connectivity index (χ3n) is 3.55. The van der Waals surface area contributed by atoms with Crippen LogP contribution in [0.5, 0.6) is 0 Å². The topological polar surface area (TPSA) is 0 Å². The molecule has 1 unspecified atom stereocenters. The van der Waals surface area contributed by atoms with Crippen LogP contribution in [0.25, 0.3) is 0 Å². The normalized spacial score (nSPS) is 33.8. The summed E-state index contributed by atoms with van der Waals surface area (Å²) < 4.78 is 0. The highest BCUT2D eigenvalue weighted by Crippen LogP contribution is 2.67. The Kier molecular flexibility index (Phi) is 2.58. The van der Waals surface area contributed by atoms with Gasteiger partial charge in [-0.2, -0.15) is 11.8 Å². The monoisotopic (exact) mass is 172 g/mol. The molecule has 1 aliphatic rings. The fraction of sp³-hybridized carbons (Fsp3) is 1.00. The number of rotatable bonds is 4. The van der Waals surface area contributed by atoms with Gasteiger partial charge in [-0.1, -0.05) is 20.8 Å². The molecule has 1 rings (SSSR count). The number of thioether (sulfide) groups is 1. The third-order valence-corrected chi connectivity index (χ3v) is 4.16. The Bertz CT molecular complexity index is 140. The first kappa shape index (κ1) is 9.44. The lowest BCUT2D eigenvalue weighted by Crippen LogP contribution is -2.08. The van der Waals surface area contributed by atoms with Gasteiger partial charge in [0, 0.05) is 0 Å². The summed E-state index contributed by atoms with van der Waals surface area (Å²) in [6.07, 6.45) is 6.47. The van der Waals surface area contributed by atoms with Crippen molar-refractivity contribution in [2.24, 2.45) is 10.8 Å². The SMILES string of the molecule is CCC1(CCSC)CC1(C)C. The quantitative estimate of drug-likeness (QED) is 0.625. The van der Waals surface area contributed by atoms with Gasteiger partial charge in [0.2, 0.25) is 0 Å². The fourth-order valence-corrected chi connectivity index (χ4v) is 2.90. The van der Waals surface area contributed by atoms with Gasteiger partial charge < -0.3 is 0 Å². The Morgan fingerprint density at radius 2 is 1.91 bits per heavy atom. The predicted octanol–water partition coefficient (Wildman–Crippen LogP) is 3.57. The summed E-state index contributed by atoms with van der Waals surface area (Å²) in [4.78, 5) is 0. The van der Waals surface area contributed by atoms with Crippen LogP contribution in [0.2, 0.25) is 0 Å². The summed E-state index contributed by atoms with van der Waals surface area (Å²) in [6, 6.07) is 0. The van der Waals surface area contributed by atoms with E-state index >= 15 is 0 Å². The standard InChI is InChI=1S/C10H20S/c1-5-10(6-7-11-4)8-9(10,2)3/h5-8H2,1-4H3. The van der Waals surface area contributed by atoms with Gasteiger partial charge in [0.05, 0.1) is 0 Å². The molecule has 0 aromatic carbocycles. The summed E-state index contributed by atoms with van der Waals surface area (Å²) in [5.74, 6) is 1.34. The maximum absolute atomic E-state index is 2.41. The van der Waals surface area contributed by atoms with Gasteiger partial charge >= 0.3 is 0 Å². The van der Waals surface area contributed by atoms with Crippen molar-refractivity contribution in [2.45, 2.75) is 40.0 Å². The van der Waals surface area contributed by atoms with E-state index in [1.54, 1.807) is 0 Å². The van der Waals surface area contributed by atoms with Crippen LogP contribution in [0, 0.1) is 10.8 Å². The second-order valence-corrected chi connectivity index (χ2v) is 5.42. The smallest absolute Gasteiger partial charge is 0.00648 e. The first-order chi connectivity index (χ1) is 5.08. The summed E-state index contributed by atoms with van der Waals surface area (Å²) in [5.41, 5.74) is 1.37. The van der Waals surface area contributed by atoms with Gasteiger partial charge in [-0.3, -0.25) is 0 Å². The summed E-state index contributed by atoms with van der Waals surface area (Å²) in [5, 5.41) is 0. The average Bonchev–Trinajstić information content (AvgIpc) is 2.50. The van der Waals surface area contributed by atoms with E-state index in [9.17, 15) is 0 Å². The highest BCUT2D eigenvalue weighted by atomic mass is 32.2. The summed E-state index contributed by atoms with van der Waals surface area (Å²) >= 11 is 1.98. The molecule has 0 N–H and O–H groups in total. The zero-order valence-corrected chi connectivity index (χ0v) is 9.05. The Balaban J connectivity index is 2.40. The molecular weight excluding hydrogens is 152 g/mol. The lowest BCUT2D eigenvalue weighted by Gasteiger charge is -2.17. The minimum absolute atomic E-state index is 0.650. The molecule has 1 atom stereocenters. The molecule has 1 heteroatoms. The van der Waals surface area contributed by atoms with Gasteiger partial charge in [-0.25, -0.2) is 0 Å². The lowest BCUT2D eigenvalue weighted by molar-refractivity contribution is 0.360.